The Labute approximate surface area is 86.1 Å². The Balaban J connectivity index is 2.87. The van der Waals surface area contributed by atoms with Crippen LogP contribution in [0.3, 0.4) is 0 Å². The normalized spacial score (nSPS) is 9.71. The van der Waals surface area contributed by atoms with Gasteiger partial charge in [0.25, 0.3) is 5.17 Å². The Bertz CT molecular complexity index is 355. The van der Waals surface area contributed by atoms with E-state index in [1.807, 2.05) is 0 Å². The molecule has 1 aromatic carbocycles. The van der Waals surface area contributed by atoms with E-state index >= 15 is 0 Å². The summed E-state index contributed by atoms with van der Waals surface area (Å²) in [6, 6.07) is 3.68. The second kappa shape index (κ2) is 4.32. The van der Waals surface area contributed by atoms with Crippen molar-refractivity contribution in [1.29, 1.82) is 0 Å². The number of nitrogens with zero attached hydrogens (tertiary/aromatic N) is 1. The maximum atomic E-state index is 13.0. The van der Waals surface area contributed by atoms with Gasteiger partial charge in [0, 0.05) is 14.1 Å². The average Bonchev–Trinajstić information content (AvgIpc) is 2.12. The van der Waals surface area contributed by atoms with E-state index in [9.17, 15) is 8.78 Å². The topological polar surface area (TPSA) is 12.5 Å². The summed E-state index contributed by atoms with van der Waals surface area (Å²) < 4.78 is 30.7. The molecule has 2 nitrogen and oxygen atoms in total. The second-order valence-electron chi connectivity index (χ2n) is 2.81. The predicted octanol–water partition coefficient (Wildman–Crippen LogP) is 2.19. The predicted molar refractivity (Wildman–Crippen MR) is 53.3 cm³/mol. The molecule has 0 amide bonds. The molecule has 0 N–H and O–H groups in total. The molecule has 0 fully saturated rings. The summed E-state index contributed by atoms with van der Waals surface area (Å²) in [5, 5.41) is 0.0782. The minimum absolute atomic E-state index is 0.0782. The molecule has 0 aliphatic rings. The lowest BCUT2D eigenvalue weighted by atomic mass is 10.3. The second-order valence-corrected chi connectivity index (χ2v) is 3.16. The lowest BCUT2D eigenvalue weighted by Crippen LogP contribution is -2.25. The molecule has 1 aromatic rings. The first-order chi connectivity index (χ1) is 6.52. The SMILES string of the molecule is CN(C)C(=S)Oc1cccc(F)c1F. The fourth-order valence-corrected chi connectivity index (χ4v) is 0.838. The van der Waals surface area contributed by atoms with Crippen LogP contribution in [0.4, 0.5) is 8.78 Å². The molecule has 0 spiro atoms. The fraction of sp³-hybridized carbons (Fsp3) is 0.222. The van der Waals surface area contributed by atoms with Gasteiger partial charge in [-0.3, -0.25) is 0 Å². The molecule has 0 unspecified atom stereocenters. The van der Waals surface area contributed by atoms with Crippen molar-refractivity contribution in [3.8, 4) is 5.75 Å². The van der Waals surface area contributed by atoms with Gasteiger partial charge >= 0.3 is 0 Å². The first-order valence-corrected chi connectivity index (χ1v) is 4.26. The van der Waals surface area contributed by atoms with Crippen LogP contribution in [0.5, 0.6) is 5.75 Å². The number of ether oxygens (including phenoxy) is 1. The molecule has 0 atom stereocenters. The highest BCUT2D eigenvalue weighted by molar-refractivity contribution is 7.80. The van der Waals surface area contributed by atoms with E-state index in [4.69, 9.17) is 17.0 Å². The Morgan fingerprint density at radius 3 is 2.57 bits per heavy atom. The molecule has 0 aliphatic carbocycles. The van der Waals surface area contributed by atoms with E-state index in [0.29, 0.717) is 0 Å². The fourth-order valence-electron chi connectivity index (χ4n) is 0.748. The van der Waals surface area contributed by atoms with Crippen molar-refractivity contribution in [1.82, 2.24) is 4.90 Å². The first-order valence-electron chi connectivity index (χ1n) is 3.85. The van der Waals surface area contributed by atoms with Gasteiger partial charge in [-0.2, -0.15) is 4.39 Å². The van der Waals surface area contributed by atoms with Gasteiger partial charge in [-0.25, -0.2) is 4.39 Å². The first kappa shape index (κ1) is 10.8. The Kier molecular flexibility index (Phi) is 3.35. The van der Waals surface area contributed by atoms with Gasteiger partial charge in [-0.05, 0) is 24.4 Å². The van der Waals surface area contributed by atoms with Crippen LogP contribution in [0.25, 0.3) is 0 Å². The molecule has 1 rings (SSSR count). The van der Waals surface area contributed by atoms with Crippen LogP contribution in [-0.4, -0.2) is 24.2 Å². The van der Waals surface area contributed by atoms with Crippen LogP contribution in [-0.2, 0) is 0 Å². The zero-order chi connectivity index (χ0) is 10.7. The third-order valence-corrected chi connectivity index (χ3v) is 1.93. The summed E-state index contributed by atoms with van der Waals surface area (Å²) >= 11 is 4.78. The summed E-state index contributed by atoms with van der Waals surface area (Å²) in [6.45, 7) is 0. The van der Waals surface area contributed by atoms with Gasteiger partial charge in [0.05, 0.1) is 0 Å². The molecule has 0 aromatic heterocycles. The molecule has 0 saturated heterocycles. The standard InChI is InChI=1S/C9H9F2NOS/c1-12(2)9(14)13-7-5-3-4-6(10)8(7)11/h3-5H,1-2H3. The summed E-state index contributed by atoms with van der Waals surface area (Å²) in [5.74, 6) is -2.19. The number of thiocarbonyl (C=S) groups is 1. The number of hydrogen-bond acceptors (Lipinski definition) is 2. The van der Waals surface area contributed by atoms with E-state index < -0.39 is 11.6 Å². The van der Waals surface area contributed by atoms with Gasteiger partial charge in [-0.15, -0.1) is 0 Å². The van der Waals surface area contributed by atoms with E-state index in [-0.39, 0.29) is 10.9 Å². The molecular formula is C9H9F2NOS. The van der Waals surface area contributed by atoms with E-state index in [2.05, 4.69) is 0 Å². The van der Waals surface area contributed by atoms with Gasteiger partial charge < -0.3 is 9.64 Å². The maximum absolute atomic E-state index is 13.0. The lowest BCUT2D eigenvalue weighted by molar-refractivity contribution is 0.408. The van der Waals surface area contributed by atoms with Crippen molar-refractivity contribution in [3.63, 3.8) is 0 Å². The highest BCUT2D eigenvalue weighted by atomic mass is 32.1. The minimum atomic E-state index is -1.03. The number of rotatable bonds is 1. The van der Waals surface area contributed by atoms with Gasteiger partial charge in [-0.1, -0.05) is 6.07 Å². The Morgan fingerprint density at radius 2 is 2.00 bits per heavy atom. The van der Waals surface area contributed by atoms with Crippen LogP contribution < -0.4 is 4.74 Å². The van der Waals surface area contributed by atoms with Crippen LogP contribution >= 0.6 is 12.2 Å². The molecule has 76 valence electrons. The van der Waals surface area contributed by atoms with E-state index in [1.54, 1.807) is 14.1 Å². The summed E-state index contributed by atoms with van der Waals surface area (Å²) in [4.78, 5) is 1.49. The molecule has 0 saturated carbocycles. The van der Waals surface area contributed by atoms with Crippen molar-refractivity contribution in [2.75, 3.05) is 14.1 Å². The maximum Gasteiger partial charge on any atom is 0.264 e. The zero-order valence-corrected chi connectivity index (χ0v) is 8.57. The molecule has 0 heterocycles. The molecule has 5 heteroatoms. The van der Waals surface area contributed by atoms with Crippen molar-refractivity contribution >= 4 is 17.4 Å². The quantitative estimate of drug-likeness (QED) is 0.669. The highest BCUT2D eigenvalue weighted by Gasteiger charge is 2.11. The summed E-state index contributed by atoms with van der Waals surface area (Å²) in [5.41, 5.74) is 0. The van der Waals surface area contributed by atoms with Crippen molar-refractivity contribution in [2.24, 2.45) is 0 Å². The largest absolute Gasteiger partial charge is 0.429 e. The Morgan fingerprint density at radius 1 is 1.36 bits per heavy atom. The van der Waals surface area contributed by atoms with Crippen molar-refractivity contribution in [3.05, 3.63) is 29.8 Å². The van der Waals surface area contributed by atoms with Crippen molar-refractivity contribution < 1.29 is 13.5 Å². The summed E-state index contributed by atoms with van der Waals surface area (Å²) in [6.07, 6.45) is 0. The highest BCUT2D eigenvalue weighted by Crippen LogP contribution is 2.19. The number of halogens is 2. The number of benzene rings is 1. The van der Waals surface area contributed by atoms with E-state index in [0.717, 1.165) is 6.07 Å². The van der Waals surface area contributed by atoms with E-state index in [1.165, 1.54) is 17.0 Å². The lowest BCUT2D eigenvalue weighted by Gasteiger charge is -2.14. The molecule has 14 heavy (non-hydrogen) atoms. The average molecular weight is 217 g/mol. The number of hydrogen-bond donors (Lipinski definition) is 0. The molecule has 0 bridgehead atoms. The third-order valence-electron chi connectivity index (χ3n) is 1.48. The van der Waals surface area contributed by atoms with Gasteiger partial charge in [0.1, 0.15) is 0 Å². The molecule has 0 radical (unpaired) electrons. The van der Waals surface area contributed by atoms with Gasteiger partial charge in [0.15, 0.2) is 11.6 Å². The molecular weight excluding hydrogens is 208 g/mol. The van der Waals surface area contributed by atoms with Gasteiger partial charge in [0.2, 0.25) is 5.82 Å². The zero-order valence-electron chi connectivity index (χ0n) is 7.75. The van der Waals surface area contributed by atoms with Crippen LogP contribution in [0.1, 0.15) is 0 Å². The summed E-state index contributed by atoms with van der Waals surface area (Å²) in [7, 11) is 3.30. The minimum Gasteiger partial charge on any atom is -0.429 e. The van der Waals surface area contributed by atoms with Crippen LogP contribution in [0.15, 0.2) is 18.2 Å². The third kappa shape index (κ3) is 2.38. The van der Waals surface area contributed by atoms with Crippen LogP contribution in [0, 0.1) is 11.6 Å². The van der Waals surface area contributed by atoms with Crippen molar-refractivity contribution in [2.45, 2.75) is 0 Å². The monoisotopic (exact) mass is 217 g/mol. The molecule has 0 aliphatic heterocycles. The Hall–Kier alpha value is -1.23. The van der Waals surface area contributed by atoms with Crippen LogP contribution in [0.2, 0.25) is 0 Å². The smallest absolute Gasteiger partial charge is 0.264 e.